The molecule has 84 valence electrons. The fourth-order valence-corrected chi connectivity index (χ4v) is 1.83. The Kier molecular flexibility index (Phi) is 2.49. The Bertz CT molecular complexity index is 533. The molecule has 0 aliphatic carbocycles. The van der Waals surface area contributed by atoms with E-state index in [1.807, 2.05) is 6.20 Å². The number of nitrogens with zero attached hydrogens (tertiary/aromatic N) is 1. The van der Waals surface area contributed by atoms with Crippen molar-refractivity contribution in [2.75, 3.05) is 0 Å². The van der Waals surface area contributed by atoms with Crippen LogP contribution in [0.15, 0.2) is 24.4 Å². The molecular weight excluding hydrogens is 194 g/mol. The smallest absolute Gasteiger partial charge is 0.0463 e. The fourth-order valence-electron chi connectivity index (χ4n) is 1.83. The second-order valence-corrected chi connectivity index (χ2v) is 5.60. The maximum atomic E-state index is 4.55. The van der Waals surface area contributed by atoms with Crippen molar-refractivity contribution in [3.8, 4) is 0 Å². The van der Waals surface area contributed by atoms with E-state index in [9.17, 15) is 0 Å². The topological polar surface area (TPSA) is 12.9 Å². The highest BCUT2D eigenvalue weighted by Gasteiger charge is 2.15. The molecule has 0 saturated carbocycles. The molecule has 0 spiro atoms. The van der Waals surface area contributed by atoms with E-state index >= 15 is 0 Å². The van der Waals surface area contributed by atoms with Crippen LogP contribution in [0.1, 0.15) is 37.6 Å². The van der Waals surface area contributed by atoms with Crippen LogP contribution >= 0.6 is 0 Å². The Balaban J connectivity index is 2.67. The third-order valence-electron chi connectivity index (χ3n) is 3.10. The van der Waals surface area contributed by atoms with Crippen molar-refractivity contribution < 1.29 is 0 Å². The van der Waals surface area contributed by atoms with E-state index in [1.165, 1.54) is 21.9 Å². The van der Waals surface area contributed by atoms with E-state index in [1.54, 1.807) is 0 Å². The van der Waals surface area contributed by atoms with Crippen molar-refractivity contribution in [2.45, 2.75) is 40.0 Å². The van der Waals surface area contributed by atoms with Gasteiger partial charge in [-0.3, -0.25) is 4.98 Å². The first-order valence-electron chi connectivity index (χ1n) is 5.75. The molecule has 0 fully saturated rings. The molecule has 1 heteroatoms. The molecule has 2 rings (SSSR count). The molecule has 1 nitrogen and oxygen atoms in total. The Hall–Kier alpha value is -1.37. The quantitative estimate of drug-likeness (QED) is 0.640. The average Bonchev–Trinajstić information content (AvgIpc) is 2.17. The van der Waals surface area contributed by atoms with Gasteiger partial charge in [0.2, 0.25) is 0 Å². The van der Waals surface area contributed by atoms with E-state index in [-0.39, 0.29) is 5.41 Å². The highest BCUT2D eigenvalue weighted by Crippen LogP contribution is 2.25. The van der Waals surface area contributed by atoms with Gasteiger partial charge in [-0.25, -0.2) is 0 Å². The first-order chi connectivity index (χ1) is 7.38. The van der Waals surface area contributed by atoms with Gasteiger partial charge in [0.15, 0.2) is 0 Å². The monoisotopic (exact) mass is 213 g/mol. The fraction of sp³-hybridized carbons (Fsp3) is 0.400. The molecule has 0 saturated heterocycles. The number of hydrogen-bond acceptors (Lipinski definition) is 1. The lowest BCUT2D eigenvalue weighted by Crippen LogP contribution is -2.13. The summed E-state index contributed by atoms with van der Waals surface area (Å²) in [6.45, 7) is 10.9. The van der Waals surface area contributed by atoms with Crippen LogP contribution in [-0.4, -0.2) is 4.98 Å². The van der Waals surface area contributed by atoms with Crippen LogP contribution in [0.25, 0.3) is 10.8 Å². The van der Waals surface area contributed by atoms with Crippen molar-refractivity contribution >= 4 is 10.8 Å². The van der Waals surface area contributed by atoms with E-state index < -0.39 is 0 Å². The minimum absolute atomic E-state index is 0.118. The van der Waals surface area contributed by atoms with Gasteiger partial charge in [0.25, 0.3) is 0 Å². The maximum Gasteiger partial charge on any atom is 0.0463 e. The van der Waals surface area contributed by atoms with Crippen molar-refractivity contribution in [3.05, 3.63) is 41.2 Å². The van der Waals surface area contributed by atoms with Gasteiger partial charge in [-0.2, -0.15) is 0 Å². The lowest BCUT2D eigenvalue weighted by molar-refractivity contribution is 0.570. The van der Waals surface area contributed by atoms with Crippen LogP contribution in [-0.2, 0) is 5.41 Å². The summed E-state index contributed by atoms with van der Waals surface area (Å²) in [4.78, 5) is 4.55. The number of hydrogen-bond donors (Lipinski definition) is 0. The van der Waals surface area contributed by atoms with Crippen LogP contribution in [0.2, 0.25) is 0 Å². The van der Waals surface area contributed by atoms with Crippen molar-refractivity contribution in [1.82, 2.24) is 4.98 Å². The normalized spacial score (nSPS) is 12.1. The molecule has 0 atom stereocenters. The average molecular weight is 213 g/mol. The van der Waals surface area contributed by atoms with Crippen LogP contribution in [0.5, 0.6) is 0 Å². The van der Waals surface area contributed by atoms with Gasteiger partial charge in [-0.05, 0) is 42.5 Å². The van der Waals surface area contributed by atoms with Gasteiger partial charge >= 0.3 is 0 Å². The zero-order chi connectivity index (χ0) is 11.9. The summed E-state index contributed by atoms with van der Waals surface area (Å²) < 4.78 is 0. The Labute approximate surface area is 97.5 Å². The van der Waals surface area contributed by atoms with Crippen molar-refractivity contribution in [3.63, 3.8) is 0 Å². The summed E-state index contributed by atoms with van der Waals surface area (Å²) in [5, 5.41) is 2.53. The highest BCUT2D eigenvalue weighted by atomic mass is 14.7. The Morgan fingerprint density at radius 1 is 0.875 bits per heavy atom. The molecule has 0 aliphatic rings. The maximum absolute atomic E-state index is 4.55. The van der Waals surface area contributed by atoms with Crippen LogP contribution in [0.4, 0.5) is 0 Å². The summed E-state index contributed by atoms with van der Waals surface area (Å²) >= 11 is 0. The van der Waals surface area contributed by atoms with E-state index in [0.717, 1.165) is 5.69 Å². The predicted octanol–water partition coefficient (Wildman–Crippen LogP) is 4.15. The zero-order valence-corrected chi connectivity index (χ0v) is 10.8. The molecule has 16 heavy (non-hydrogen) atoms. The van der Waals surface area contributed by atoms with Crippen molar-refractivity contribution in [1.29, 1.82) is 0 Å². The molecule has 2 aromatic rings. The molecule has 1 heterocycles. The van der Waals surface area contributed by atoms with E-state index in [4.69, 9.17) is 0 Å². The number of fused-ring (bicyclic) bond motifs is 1. The van der Waals surface area contributed by atoms with Gasteiger partial charge in [0, 0.05) is 22.7 Å². The van der Waals surface area contributed by atoms with E-state index in [0.29, 0.717) is 0 Å². The third-order valence-corrected chi connectivity index (χ3v) is 3.10. The predicted molar refractivity (Wildman–Crippen MR) is 69.9 cm³/mol. The highest BCUT2D eigenvalue weighted by molar-refractivity contribution is 5.83. The SMILES string of the molecule is Cc1cc2cnc(C(C)(C)C)cc2cc1C. The number of rotatable bonds is 0. The zero-order valence-electron chi connectivity index (χ0n) is 10.8. The lowest BCUT2D eigenvalue weighted by Gasteiger charge is -2.18. The Morgan fingerprint density at radius 2 is 1.44 bits per heavy atom. The van der Waals surface area contributed by atoms with Crippen LogP contribution in [0, 0.1) is 13.8 Å². The van der Waals surface area contributed by atoms with Gasteiger partial charge in [-0.1, -0.05) is 26.8 Å². The molecule has 1 aromatic carbocycles. The third kappa shape index (κ3) is 1.95. The van der Waals surface area contributed by atoms with Gasteiger partial charge in [0.05, 0.1) is 0 Å². The Morgan fingerprint density at radius 3 is 2.00 bits per heavy atom. The van der Waals surface area contributed by atoms with Gasteiger partial charge < -0.3 is 0 Å². The summed E-state index contributed by atoms with van der Waals surface area (Å²) in [5.41, 5.74) is 3.95. The largest absolute Gasteiger partial charge is 0.260 e. The molecular formula is C15H19N. The molecule has 0 aliphatic heterocycles. The molecule has 0 radical (unpaired) electrons. The minimum atomic E-state index is 0.118. The first-order valence-corrected chi connectivity index (χ1v) is 5.75. The van der Waals surface area contributed by atoms with E-state index in [2.05, 4.69) is 57.8 Å². The van der Waals surface area contributed by atoms with Crippen LogP contribution < -0.4 is 0 Å². The minimum Gasteiger partial charge on any atom is -0.260 e. The summed E-state index contributed by atoms with van der Waals surface area (Å²) in [6.07, 6.45) is 1.99. The standard InChI is InChI=1S/C15H19N/c1-10-6-12-8-14(15(3,4)5)16-9-13(12)7-11(10)2/h6-9H,1-5H3. The number of aryl methyl sites for hydroxylation is 2. The molecule has 0 N–H and O–H groups in total. The molecule has 0 bridgehead atoms. The summed E-state index contributed by atoms with van der Waals surface area (Å²) in [6, 6.07) is 6.67. The number of aromatic nitrogens is 1. The second-order valence-electron chi connectivity index (χ2n) is 5.60. The first kappa shape index (κ1) is 11.1. The molecule has 0 unspecified atom stereocenters. The van der Waals surface area contributed by atoms with Gasteiger partial charge in [-0.15, -0.1) is 0 Å². The number of benzene rings is 1. The molecule has 1 aromatic heterocycles. The molecule has 0 amide bonds. The van der Waals surface area contributed by atoms with Crippen LogP contribution in [0.3, 0.4) is 0 Å². The summed E-state index contributed by atoms with van der Waals surface area (Å²) in [5.74, 6) is 0. The van der Waals surface area contributed by atoms with Crippen molar-refractivity contribution in [2.24, 2.45) is 0 Å². The summed E-state index contributed by atoms with van der Waals surface area (Å²) in [7, 11) is 0. The second kappa shape index (κ2) is 3.58. The lowest BCUT2D eigenvalue weighted by atomic mass is 9.90. The number of pyridine rings is 1. The van der Waals surface area contributed by atoms with Gasteiger partial charge in [0.1, 0.15) is 0 Å².